The van der Waals surface area contributed by atoms with Crippen molar-refractivity contribution in [3.05, 3.63) is 23.8 Å². The zero-order valence-corrected chi connectivity index (χ0v) is 15.6. The minimum Gasteiger partial charge on any atom is -0.493 e. The van der Waals surface area contributed by atoms with E-state index in [-0.39, 0.29) is 5.91 Å². The van der Waals surface area contributed by atoms with Crippen molar-refractivity contribution in [2.45, 2.75) is 13.3 Å². The number of amides is 1. The number of ether oxygens (including phenoxy) is 3. The fourth-order valence-corrected chi connectivity index (χ4v) is 2.98. The maximum absolute atomic E-state index is 12.5. The summed E-state index contributed by atoms with van der Waals surface area (Å²) in [6, 6.07) is 3.65. The van der Waals surface area contributed by atoms with Gasteiger partial charge in [0, 0.05) is 25.7 Å². The first kappa shape index (κ1) is 19.1. The van der Waals surface area contributed by atoms with Gasteiger partial charge in [-0.1, -0.05) is 6.92 Å². The quantitative estimate of drug-likeness (QED) is 0.738. The number of likely N-dealkylation sites (N-methyl/N-ethyl adjacent to an activating group) is 1. The second kappa shape index (κ2) is 9.32. The molecule has 0 atom stereocenters. The van der Waals surface area contributed by atoms with Crippen molar-refractivity contribution in [1.29, 1.82) is 0 Å². The molecule has 1 aromatic rings. The number of hydrogen-bond donors (Lipinski definition) is 0. The summed E-state index contributed by atoms with van der Waals surface area (Å²) in [4.78, 5) is 16.8. The smallest absolute Gasteiger partial charge is 0.246 e. The van der Waals surface area contributed by atoms with Crippen molar-refractivity contribution in [2.75, 3.05) is 54.1 Å². The molecular weight excluding hydrogens is 320 g/mol. The van der Waals surface area contributed by atoms with Crippen molar-refractivity contribution >= 4 is 12.0 Å². The lowest BCUT2D eigenvalue weighted by Gasteiger charge is -2.19. The third kappa shape index (κ3) is 4.89. The van der Waals surface area contributed by atoms with Crippen molar-refractivity contribution in [3.63, 3.8) is 0 Å². The van der Waals surface area contributed by atoms with Gasteiger partial charge in [0.25, 0.3) is 0 Å². The van der Waals surface area contributed by atoms with E-state index in [2.05, 4.69) is 11.8 Å². The number of carbonyl (C=O) groups excluding carboxylic acids is 1. The topological polar surface area (TPSA) is 51.2 Å². The van der Waals surface area contributed by atoms with Gasteiger partial charge in [-0.25, -0.2) is 0 Å². The minimum atomic E-state index is 0.0340. The number of nitrogens with zero attached hydrogens (tertiary/aromatic N) is 2. The maximum Gasteiger partial charge on any atom is 0.246 e. The minimum absolute atomic E-state index is 0.0340. The summed E-state index contributed by atoms with van der Waals surface area (Å²) in [5.41, 5.74) is 0.827. The van der Waals surface area contributed by atoms with Gasteiger partial charge in [-0.05, 0) is 43.3 Å². The number of hydrogen-bond acceptors (Lipinski definition) is 5. The van der Waals surface area contributed by atoms with E-state index in [1.807, 2.05) is 17.0 Å². The Morgan fingerprint density at radius 2 is 1.72 bits per heavy atom. The summed E-state index contributed by atoms with van der Waals surface area (Å²) in [6.45, 7) is 6.74. The molecule has 138 valence electrons. The average Bonchev–Trinajstić information content (AvgIpc) is 2.90. The highest BCUT2D eigenvalue weighted by Crippen LogP contribution is 2.38. The molecule has 1 saturated heterocycles. The molecule has 6 heteroatoms. The van der Waals surface area contributed by atoms with Crippen LogP contribution in [0.5, 0.6) is 17.2 Å². The van der Waals surface area contributed by atoms with Crippen LogP contribution in [0.1, 0.15) is 18.9 Å². The second-order valence-corrected chi connectivity index (χ2v) is 5.91. The molecule has 1 heterocycles. The van der Waals surface area contributed by atoms with Crippen LogP contribution in [-0.2, 0) is 4.79 Å². The van der Waals surface area contributed by atoms with Gasteiger partial charge in [0.05, 0.1) is 21.3 Å². The highest BCUT2D eigenvalue weighted by molar-refractivity contribution is 5.92. The van der Waals surface area contributed by atoms with Crippen LogP contribution in [-0.4, -0.2) is 69.8 Å². The van der Waals surface area contributed by atoms with Crippen LogP contribution in [0.2, 0.25) is 0 Å². The Hall–Kier alpha value is -2.21. The third-order valence-corrected chi connectivity index (χ3v) is 4.45. The normalized spacial score (nSPS) is 15.9. The van der Waals surface area contributed by atoms with E-state index in [4.69, 9.17) is 14.2 Å². The van der Waals surface area contributed by atoms with Crippen LogP contribution in [0.25, 0.3) is 6.08 Å². The van der Waals surface area contributed by atoms with Crippen LogP contribution in [0, 0.1) is 0 Å². The summed E-state index contributed by atoms with van der Waals surface area (Å²) in [5.74, 6) is 1.72. The molecule has 0 aromatic heterocycles. The van der Waals surface area contributed by atoms with E-state index < -0.39 is 0 Å². The van der Waals surface area contributed by atoms with Crippen LogP contribution in [0.15, 0.2) is 18.2 Å². The Labute approximate surface area is 150 Å². The number of carbonyl (C=O) groups is 1. The van der Waals surface area contributed by atoms with Gasteiger partial charge in [-0.3, -0.25) is 4.79 Å². The molecule has 0 N–H and O–H groups in total. The molecule has 1 aromatic carbocycles. The summed E-state index contributed by atoms with van der Waals surface area (Å²) in [7, 11) is 4.72. The molecule has 0 saturated carbocycles. The summed E-state index contributed by atoms with van der Waals surface area (Å²) < 4.78 is 16.0. The number of rotatable bonds is 6. The van der Waals surface area contributed by atoms with Gasteiger partial charge >= 0.3 is 0 Å². The third-order valence-electron chi connectivity index (χ3n) is 4.45. The van der Waals surface area contributed by atoms with Crippen molar-refractivity contribution in [1.82, 2.24) is 9.80 Å². The van der Waals surface area contributed by atoms with Crippen LogP contribution in [0.3, 0.4) is 0 Å². The zero-order valence-electron chi connectivity index (χ0n) is 15.6. The lowest BCUT2D eigenvalue weighted by Crippen LogP contribution is -2.34. The SMILES string of the molecule is CCN1CCCN(C(=O)/C=C/c2cc(OC)c(OC)c(OC)c2)CC1. The first-order chi connectivity index (χ1) is 12.1. The van der Waals surface area contributed by atoms with Gasteiger partial charge in [-0.2, -0.15) is 0 Å². The number of methoxy groups -OCH3 is 3. The van der Waals surface area contributed by atoms with Gasteiger partial charge in [0.15, 0.2) is 11.5 Å². The number of benzene rings is 1. The molecule has 0 aliphatic carbocycles. The molecule has 0 spiro atoms. The van der Waals surface area contributed by atoms with Crippen LogP contribution < -0.4 is 14.2 Å². The molecule has 0 unspecified atom stereocenters. The first-order valence-electron chi connectivity index (χ1n) is 8.62. The van der Waals surface area contributed by atoms with E-state index in [9.17, 15) is 4.79 Å². The van der Waals surface area contributed by atoms with Gasteiger partial charge in [0.2, 0.25) is 11.7 Å². The fourth-order valence-electron chi connectivity index (χ4n) is 2.98. The molecule has 1 aliphatic rings. The first-order valence-corrected chi connectivity index (χ1v) is 8.62. The molecule has 25 heavy (non-hydrogen) atoms. The maximum atomic E-state index is 12.5. The van der Waals surface area contributed by atoms with Crippen LogP contribution >= 0.6 is 0 Å². The lowest BCUT2D eigenvalue weighted by atomic mass is 10.1. The molecule has 0 radical (unpaired) electrons. The summed E-state index contributed by atoms with van der Waals surface area (Å²) >= 11 is 0. The Balaban J connectivity index is 2.11. The molecule has 2 rings (SSSR count). The zero-order chi connectivity index (χ0) is 18.2. The highest BCUT2D eigenvalue weighted by atomic mass is 16.5. The Morgan fingerprint density at radius 1 is 1.04 bits per heavy atom. The van der Waals surface area contributed by atoms with E-state index >= 15 is 0 Å². The van der Waals surface area contributed by atoms with E-state index in [0.717, 1.165) is 44.7 Å². The van der Waals surface area contributed by atoms with Gasteiger partial charge in [-0.15, -0.1) is 0 Å². The van der Waals surface area contributed by atoms with E-state index in [1.165, 1.54) is 0 Å². The largest absolute Gasteiger partial charge is 0.493 e. The predicted molar refractivity (Wildman–Crippen MR) is 98.4 cm³/mol. The Morgan fingerprint density at radius 3 is 2.28 bits per heavy atom. The van der Waals surface area contributed by atoms with Crippen molar-refractivity contribution in [3.8, 4) is 17.2 Å². The summed E-state index contributed by atoms with van der Waals surface area (Å²) in [5, 5.41) is 0. The van der Waals surface area contributed by atoms with Crippen LogP contribution in [0.4, 0.5) is 0 Å². The standard InChI is InChI=1S/C19H28N2O4/c1-5-20-9-6-10-21(12-11-20)18(22)8-7-15-13-16(23-2)19(25-4)17(14-15)24-3/h7-8,13-14H,5-6,9-12H2,1-4H3/b8-7+. The van der Waals surface area contributed by atoms with E-state index in [0.29, 0.717) is 17.2 Å². The van der Waals surface area contributed by atoms with Crippen molar-refractivity contribution in [2.24, 2.45) is 0 Å². The monoisotopic (exact) mass is 348 g/mol. The molecular formula is C19H28N2O4. The Kier molecular flexibility index (Phi) is 7.13. The molecule has 1 fully saturated rings. The molecule has 6 nitrogen and oxygen atoms in total. The fraction of sp³-hybridized carbons (Fsp3) is 0.526. The van der Waals surface area contributed by atoms with Gasteiger partial charge in [0.1, 0.15) is 0 Å². The predicted octanol–water partition coefficient (Wildman–Crippen LogP) is 2.28. The Bertz CT molecular complexity index is 590. The second-order valence-electron chi connectivity index (χ2n) is 5.91. The van der Waals surface area contributed by atoms with E-state index in [1.54, 1.807) is 33.5 Å². The molecule has 1 amide bonds. The average molecular weight is 348 g/mol. The molecule has 1 aliphatic heterocycles. The highest BCUT2D eigenvalue weighted by Gasteiger charge is 2.17. The van der Waals surface area contributed by atoms with Gasteiger partial charge < -0.3 is 24.0 Å². The lowest BCUT2D eigenvalue weighted by molar-refractivity contribution is -0.125. The summed E-state index contributed by atoms with van der Waals surface area (Å²) in [6.07, 6.45) is 4.41. The molecule has 0 bridgehead atoms. The van der Waals surface area contributed by atoms with Crippen molar-refractivity contribution < 1.29 is 19.0 Å².